The minimum absolute atomic E-state index is 0.320. The van der Waals surface area contributed by atoms with Crippen LogP contribution < -0.4 is 5.32 Å². The van der Waals surface area contributed by atoms with Crippen LogP contribution >= 0.6 is 0 Å². The van der Waals surface area contributed by atoms with E-state index < -0.39 is 24.3 Å². The number of rotatable bonds is 6. The molecule has 0 saturated heterocycles. The van der Waals surface area contributed by atoms with E-state index in [0.717, 1.165) is 6.08 Å². The lowest BCUT2D eigenvalue weighted by molar-refractivity contribution is -0.144. The van der Waals surface area contributed by atoms with Crippen molar-refractivity contribution in [3.63, 3.8) is 0 Å². The van der Waals surface area contributed by atoms with Crippen molar-refractivity contribution in [3.8, 4) is 0 Å². The maximum atomic E-state index is 13.0. The molecule has 0 fully saturated rings. The van der Waals surface area contributed by atoms with Crippen molar-refractivity contribution in [1.82, 2.24) is 5.32 Å². The number of carbonyl (C=O) groups excluding carboxylic acids is 2. The van der Waals surface area contributed by atoms with Crippen LogP contribution in [0.3, 0.4) is 0 Å². The Hall–Kier alpha value is -2.89. The summed E-state index contributed by atoms with van der Waals surface area (Å²) in [5.41, 5.74) is 0.526. The first-order chi connectivity index (χ1) is 11.0. The van der Waals surface area contributed by atoms with Crippen LogP contribution in [0, 0.1) is 5.82 Å². The Kier molecular flexibility index (Phi) is 5.68. The molecule has 1 atom stereocenters. The van der Waals surface area contributed by atoms with Crippen LogP contribution in [0.2, 0.25) is 0 Å². The number of hydrogen-bond donors (Lipinski definition) is 1. The fourth-order valence-electron chi connectivity index (χ4n) is 1.85. The van der Waals surface area contributed by atoms with Gasteiger partial charge in [0.15, 0.2) is 6.61 Å². The largest absolute Gasteiger partial charge is 0.467 e. The van der Waals surface area contributed by atoms with E-state index in [0.29, 0.717) is 11.3 Å². The number of furan rings is 1. The van der Waals surface area contributed by atoms with Crippen molar-refractivity contribution in [1.29, 1.82) is 0 Å². The normalized spacial score (nSPS) is 12.1. The monoisotopic (exact) mass is 317 g/mol. The summed E-state index contributed by atoms with van der Waals surface area (Å²) in [6.45, 7) is 1.35. The topological polar surface area (TPSA) is 68.5 Å². The summed E-state index contributed by atoms with van der Waals surface area (Å²) < 4.78 is 22.9. The summed E-state index contributed by atoms with van der Waals surface area (Å²) >= 11 is 0. The van der Waals surface area contributed by atoms with Crippen molar-refractivity contribution in [2.24, 2.45) is 0 Å². The Morgan fingerprint density at radius 2 is 2.17 bits per heavy atom. The minimum atomic E-state index is -0.685. The van der Waals surface area contributed by atoms with E-state index in [1.165, 1.54) is 30.5 Å². The van der Waals surface area contributed by atoms with Crippen molar-refractivity contribution < 1.29 is 23.1 Å². The van der Waals surface area contributed by atoms with E-state index >= 15 is 0 Å². The van der Waals surface area contributed by atoms with Gasteiger partial charge in [-0.15, -0.1) is 0 Å². The second-order valence-corrected chi connectivity index (χ2v) is 4.80. The molecule has 23 heavy (non-hydrogen) atoms. The number of esters is 1. The van der Waals surface area contributed by atoms with Crippen LogP contribution in [0.4, 0.5) is 4.39 Å². The number of ether oxygens (including phenoxy) is 1. The highest BCUT2D eigenvalue weighted by Gasteiger charge is 2.12. The quantitative estimate of drug-likeness (QED) is 0.657. The number of halogens is 1. The number of carbonyl (C=O) groups is 2. The van der Waals surface area contributed by atoms with Gasteiger partial charge in [-0.05, 0) is 42.8 Å². The van der Waals surface area contributed by atoms with E-state index in [9.17, 15) is 14.0 Å². The predicted molar refractivity (Wildman–Crippen MR) is 81.7 cm³/mol. The lowest BCUT2D eigenvalue weighted by atomic mass is 10.2. The molecule has 5 nitrogen and oxygen atoms in total. The molecule has 0 aliphatic rings. The molecule has 0 aliphatic heterocycles. The Balaban J connectivity index is 1.76. The SMILES string of the molecule is C[C@H](NC(=O)COC(=O)/C=C/c1cccc(F)c1)c1ccco1. The number of nitrogens with one attached hydrogen (secondary N) is 1. The summed E-state index contributed by atoms with van der Waals surface area (Å²) in [5, 5.41) is 2.64. The molecule has 0 radical (unpaired) electrons. The number of amides is 1. The van der Waals surface area contributed by atoms with Gasteiger partial charge in [0.05, 0.1) is 12.3 Å². The molecular weight excluding hydrogens is 301 g/mol. The van der Waals surface area contributed by atoms with Crippen molar-refractivity contribution >= 4 is 18.0 Å². The molecule has 1 aromatic carbocycles. The van der Waals surface area contributed by atoms with Crippen LogP contribution in [-0.4, -0.2) is 18.5 Å². The zero-order valence-electron chi connectivity index (χ0n) is 12.5. The molecule has 2 rings (SSSR count). The van der Waals surface area contributed by atoms with Gasteiger partial charge in [-0.25, -0.2) is 9.18 Å². The highest BCUT2D eigenvalue weighted by molar-refractivity contribution is 5.89. The lowest BCUT2D eigenvalue weighted by Gasteiger charge is -2.11. The third-order valence-corrected chi connectivity index (χ3v) is 2.95. The van der Waals surface area contributed by atoms with E-state index in [1.54, 1.807) is 25.1 Å². The van der Waals surface area contributed by atoms with E-state index in [-0.39, 0.29) is 6.04 Å². The van der Waals surface area contributed by atoms with E-state index in [2.05, 4.69) is 5.32 Å². The molecule has 0 aliphatic carbocycles. The maximum absolute atomic E-state index is 13.0. The minimum Gasteiger partial charge on any atom is -0.467 e. The molecule has 1 amide bonds. The van der Waals surface area contributed by atoms with Crippen LogP contribution in [0.1, 0.15) is 24.3 Å². The summed E-state index contributed by atoms with van der Waals surface area (Å²) in [4.78, 5) is 23.2. The second-order valence-electron chi connectivity index (χ2n) is 4.80. The molecule has 0 unspecified atom stereocenters. The van der Waals surface area contributed by atoms with Crippen LogP contribution in [-0.2, 0) is 14.3 Å². The third-order valence-electron chi connectivity index (χ3n) is 2.95. The summed E-state index contributed by atoms with van der Waals surface area (Å²) in [7, 11) is 0. The first-order valence-electron chi connectivity index (χ1n) is 6.98. The van der Waals surface area contributed by atoms with Crippen LogP contribution in [0.5, 0.6) is 0 Å². The smallest absolute Gasteiger partial charge is 0.331 e. The van der Waals surface area contributed by atoms with Crippen LogP contribution in [0.25, 0.3) is 6.08 Å². The Morgan fingerprint density at radius 3 is 2.87 bits per heavy atom. The fraction of sp³-hybridized carbons (Fsp3) is 0.176. The average molecular weight is 317 g/mol. The Bertz CT molecular complexity index is 694. The molecule has 0 bridgehead atoms. The van der Waals surface area contributed by atoms with Gasteiger partial charge < -0.3 is 14.5 Å². The van der Waals surface area contributed by atoms with Gasteiger partial charge in [0.1, 0.15) is 11.6 Å². The van der Waals surface area contributed by atoms with Crippen molar-refractivity contribution in [3.05, 3.63) is 65.9 Å². The fourth-order valence-corrected chi connectivity index (χ4v) is 1.85. The summed E-state index contributed by atoms with van der Waals surface area (Å²) in [5.74, 6) is -0.918. The zero-order chi connectivity index (χ0) is 16.7. The molecular formula is C17H16FNO4. The van der Waals surface area contributed by atoms with Gasteiger partial charge in [0.25, 0.3) is 5.91 Å². The first kappa shape index (κ1) is 16.5. The molecule has 0 saturated carbocycles. The van der Waals surface area contributed by atoms with Gasteiger partial charge in [-0.3, -0.25) is 4.79 Å². The zero-order valence-corrected chi connectivity index (χ0v) is 12.5. The molecule has 1 N–H and O–H groups in total. The molecule has 2 aromatic rings. The second kappa shape index (κ2) is 7.93. The molecule has 0 spiro atoms. The van der Waals surface area contributed by atoms with Crippen molar-refractivity contribution in [2.45, 2.75) is 13.0 Å². The Morgan fingerprint density at radius 1 is 1.35 bits per heavy atom. The van der Waals surface area contributed by atoms with Crippen LogP contribution in [0.15, 0.2) is 53.2 Å². The standard InChI is InChI=1S/C17H16FNO4/c1-12(15-6-3-9-22-15)19-16(20)11-23-17(21)8-7-13-4-2-5-14(18)10-13/h2-10,12H,11H2,1H3,(H,19,20)/b8-7+/t12-/m0/s1. The molecule has 1 heterocycles. The Labute approximate surface area is 132 Å². The van der Waals surface area contributed by atoms with E-state index in [1.807, 2.05) is 0 Å². The van der Waals surface area contributed by atoms with Crippen molar-refractivity contribution in [2.75, 3.05) is 6.61 Å². The highest BCUT2D eigenvalue weighted by atomic mass is 19.1. The molecule has 120 valence electrons. The highest BCUT2D eigenvalue weighted by Crippen LogP contribution is 2.11. The first-order valence-corrected chi connectivity index (χ1v) is 6.98. The lowest BCUT2D eigenvalue weighted by Crippen LogP contribution is -2.30. The predicted octanol–water partition coefficient (Wildman–Crippen LogP) is 2.85. The summed E-state index contributed by atoms with van der Waals surface area (Å²) in [6.07, 6.45) is 4.06. The van der Waals surface area contributed by atoms with Gasteiger partial charge in [-0.1, -0.05) is 12.1 Å². The molecule has 1 aromatic heterocycles. The van der Waals surface area contributed by atoms with Gasteiger partial charge in [-0.2, -0.15) is 0 Å². The maximum Gasteiger partial charge on any atom is 0.331 e. The molecule has 6 heteroatoms. The number of benzene rings is 1. The van der Waals surface area contributed by atoms with Gasteiger partial charge >= 0.3 is 5.97 Å². The van der Waals surface area contributed by atoms with Gasteiger partial charge in [0.2, 0.25) is 0 Å². The number of hydrogen-bond acceptors (Lipinski definition) is 4. The third kappa shape index (κ3) is 5.43. The van der Waals surface area contributed by atoms with Gasteiger partial charge in [0, 0.05) is 6.08 Å². The van der Waals surface area contributed by atoms with E-state index in [4.69, 9.17) is 9.15 Å². The average Bonchev–Trinajstić information content (AvgIpc) is 3.05. The summed E-state index contributed by atoms with van der Waals surface area (Å²) in [6, 6.07) is 8.89.